The smallest absolute Gasteiger partial charge is 0.273 e. The van der Waals surface area contributed by atoms with Crippen LogP contribution in [0, 0.1) is 10.1 Å². The molecule has 0 aliphatic carbocycles. The third-order valence-electron chi connectivity index (χ3n) is 4.86. The fourth-order valence-corrected chi connectivity index (χ4v) is 3.07. The van der Waals surface area contributed by atoms with E-state index in [-0.39, 0.29) is 45.8 Å². The van der Waals surface area contributed by atoms with E-state index < -0.39 is 16.7 Å². The van der Waals surface area contributed by atoms with Crippen molar-refractivity contribution in [3.05, 3.63) is 63.2 Å². The summed E-state index contributed by atoms with van der Waals surface area (Å²) in [6, 6.07) is 7.85. The van der Waals surface area contributed by atoms with Crippen molar-refractivity contribution >= 4 is 29.1 Å². The molecule has 0 aromatic heterocycles. The number of carbonyl (C=O) groups excluding carboxylic acids is 3. The largest absolute Gasteiger partial charge is 0.494 e. The molecule has 29 heavy (non-hydrogen) atoms. The van der Waals surface area contributed by atoms with E-state index in [2.05, 4.69) is 5.32 Å². The molecule has 150 valence electrons. The number of methoxy groups -OCH3 is 1. The van der Waals surface area contributed by atoms with Crippen molar-refractivity contribution < 1.29 is 24.0 Å². The minimum Gasteiger partial charge on any atom is -0.494 e. The number of amides is 3. The van der Waals surface area contributed by atoms with Gasteiger partial charge in [-0.05, 0) is 37.6 Å². The number of benzene rings is 2. The fourth-order valence-electron chi connectivity index (χ4n) is 3.07. The molecule has 0 saturated carbocycles. The number of fused-ring (bicyclic) bond motifs is 1. The van der Waals surface area contributed by atoms with Gasteiger partial charge in [-0.25, -0.2) is 0 Å². The van der Waals surface area contributed by atoms with Crippen molar-refractivity contribution in [3.8, 4) is 5.75 Å². The maximum Gasteiger partial charge on any atom is 0.273 e. The number of nitrogens with zero attached hydrogens (tertiary/aromatic N) is 2. The van der Waals surface area contributed by atoms with E-state index in [1.54, 1.807) is 6.92 Å². The van der Waals surface area contributed by atoms with Crippen molar-refractivity contribution in [2.24, 2.45) is 0 Å². The molecule has 1 aliphatic rings. The molecule has 3 amide bonds. The van der Waals surface area contributed by atoms with E-state index in [0.29, 0.717) is 6.42 Å². The molecule has 9 heteroatoms. The lowest BCUT2D eigenvalue weighted by Gasteiger charge is -2.20. The molecule has 1 heterocycles. The normalized spacial score (nSPS) is 13.8. The lowest BCUT2D eigenvalue weighted by atomic mass is 10.1. The van der Waals surface area contributed by atoms with Gasteiger partial charge in [-0.15, -0.1) is 0 Å². The number of hydrogen-bond acceptors (Lipinski definition) is 6. The van der Waals surface area contributed by atoms with Gasteiger partial charge in [-0.1, -0.05) is 6.92 Å². The summed E-state index contributed by atoms with van der Waals surface area (Å²) in [6.07, 6.45) is 0.624. The predicted octanol–water partition coefficient (Wildman–Crippen LogP) is 3.25. The van der Waals surface area contributed by atoms with Gasteiger partial charge in [0.15, 0.2) is 0 Å². The molecule has 1 N–H and O–H groups in total. The highest BCUT2D eigenvalue weighted by atomic mass is 16.6. The van der Waals surface area contributed by atoms with Crippen molar-refractivity contribution in [1.29, 1.82) is 0 Å². The van der Waals surface area contributed by atoms with E-state index in [0.717, 1.165) is 0 Å². The molecular formula is C20H19N3O6. The summed E-state index contributed by atoms with van der Waals surface area (Å²) in [5.74, 6) is -1.21. The van der Waals surface area contributed by atoms with Gasteiger partial charge in [-0.2, -0.15) is 0 Å². The molecule has 2 aromatic rings. The summed E-state index contributed by atoms with van der Waals surface area (Å²) in [7, 11) is 1.33. The van der Waals surface area contributed by atoms with Crippen LogP contribution in [0.15, 0.2) is 36.4 Å². The Bertz CT molecular complexity index is 1030. The molecule has 0 radical (unpaired) electrons. The average molecular weight is 397 g/mol. The number of imide groups is 1. The van der Waals surface area contributed by atoms with Crippen molar-refractivity contribution in [1.82, 2.24) is 4.90 Å². The van der Waals surface area contributed by atoms with Gasteiger partial charge in [0.05, 0.1) is 34.9 Å². The Kier molecular flexibility index (Phi) is 5.31. The van der Waals surface area contributed by atoms with Crippen LogP contribution in [0.5, 0.6) is 5.75 Å². The first-order valence-electron chi connectivity index (χ1n) is 8.94. The number of non-ortho nitro benzene ring substituents is 1. The molecule has 0 saturated heterocycles. The number of carbonyl (C=O) groups is 3. The minimum absolute atomic E-state index is 0.128. The van der Waals surface area contributed by atoms with Crippen LogP contribution < -0.4 is 10.1 Å². The molecule has 0 spiro atoms. The van der Waals surface area contributed by atoms with E-state index in [4.69, 9.17) is 4.74 Å². The first-order valence-corrected chi connectivity index (χ1v) is 8.94. The number of rotatable bonds is 6. The van der Waals surface area contributed by atoms with Gasteiger partial charge in [0.1, 0.15) is 5.75 Å². The topological polar surface area (TPSA) is 119 Å². The second kappa shape index (κ2) is 7.70. The summed E-state index contributed by atoms with van der Waals surface area (Å²) >= 11 is 0. The highest BCUT2D eigenvalue weighted by molar-refractivity contribution is 6.22. The average Bonchev–Trinajstić information content (AvgIpc) is 2.97. The number of nitro groups is 1. The molecule has 1 aliphatic heterocycles. The highest BCUT2D eigenvalue weighted by Crippen LogP contribution is 2.30. The second-order valence-electron chi connectivity index (χ2n) is 6.59. The molecule has 1 atom stereocenters. The Morgan fingerprint density at radius 1 is 1.17 bits per heavy atom. The van der Waals surface area contributed by atoms with Gasteiger partial charge >= 0.3 is 0 Å². The molecule has 0 fully saturated rings. The number of nitrogens with one attached hydrogen (secondary N) is 1. The lowest BCUT2D eigenvalue weighted by molar-refractivity contribution is -0.384. The standard InChI is InChI=1S/C20H19N3O6/c1-4-11(2)22-19(25)14-7-5-12(9-15(14)20(22)26)18(24)21-16-8-6-13(23(27)28)10-17(16)29-3/h5-11H,4H2,1-3H3,(H,21,24). The van der Waals surface area contributed by atoms with Crippen molar-refractivity contribution in [2.75, 3.05) is 12.4 Å². The summed E-state index contributed by atoms with van der Waals surface area (Å²) in [5.41, 5.74) is 0.688. The molecule has 1 unspecified atom stereocenters. The van der Waals surface area contributed by atoms with Crippen molar-refractivity contribution in [2.45, 2.75) is 26.3 Å². The van der Waals surface area contributed by atoms with Crippen LogP contribution in [0.2, 0.25) is 0 Å². The fraction of sp³-hybridized carbons (Fsp3) is 0.250. The highest BCUT2D eigenvalue weighted by Gasteiger charge is 2.38. The second-order valence-corrected chi connectivity index (χ2v) is 6.59. The zero-order chi connectivity index (χ0) is 21.3. The third-order valence-corrected chi connectivity index (χ3v) is 4.86. The molecule has 3 rings (SSSR count). The molecule has 9 nitrogen and oxygen atoms in total. The molecular weight excluding hydrogens is 378 g/mol. The van der Waals surface area contributed by atoms with Crippen LogP contribution >= 0.6 is 0 Å². The minimum atomic E-state index is -0.569. The summed E-state index contributed by atoms with van der Waals surface area (Å²) in [5, 5.41) is 13.5. The van der Waals surface area contributed by atoms with Crippen LogP contribution in [0.25, 0.3) is 0 Å². The number of ether oxygens (including phenoxy) is 1. The van der Waals surface area contributed by atoms with Gasteiger partial charge in [-0.3, -0.25) is 29.4 Å². The zero-order valence-corrected chi connectivity index (χ0v) is 16.1. The quantitative estimate of drug-likeness (QED) is 0.454. The summed E-state index contributed by atoms with van der Waals surface area (Å²) in [4.78, 5) is 49.3. The molecule has 0 bridgehead atoms. The van der Waals surface area contributed by atoms with Crippen LogP contribution in [0.1, 0.15) is 51.3 Å². The van der Waals surface area contributed by atoms with E-state index in [1.807, 2.05) is 6.92 Å². The Labute approximate surface area is 166 Å². The van der Waals surface area contributed by atoms with Gasteiger partial charge in [0.2, 0.25) is 0 Å². The summed E-state index contributed by atoms with van der Waals surface area (Å²) < 4.78 is 5.11. The SMILES string of the molecule is CCC(C)N1C(=O)c2ccc(C(=O)Nc3ccc([N+](=O)[O-])cc3OC)cc2C1=O. The first-order chi connectivity index (χ1) is 13.8. The third kappa shape index (κ3) is 3.54. The van der Waals surface area contributed by atoms with Gasteiger partial charge in [0.25, 0.3) is 23.4 Å². The maximum atomic E-state index is 12.7. The van der Waals surface area contributed by atoms with Gasteiger partial charge in [0, 0.05) is 17.7 Å². The number of nitro benzene ring substituents is 1. The zero-order valence-electron chi connectivity index (χ0n) is 16.1. The van der Waals surface area contributed by atoms with Crippen molar-refractivity contribution in [3.63, 3.8) is 0 Å². The maximum absolute atomic E-state index is 12.7. The Morgan fingerprint density at radius 2 is 1.86 bits per heavy atom. The van der Waals surface area contributed by atoms with Crippen LogP contribution in [-0.2, 0) is 0 Å². The Balaban J connectivity index is 1.88. The lowest BCUT2D eigenvalue weighted by Crippen LogP contribution is -2.37. The Morgan fingerprint density at radius 3 is 2.48 bits per heavy atom. The predicted molar refractivity (Wildman–Crippen MR) is 104 cm³/mol. The van der Waals surface area contributed by atoms with E-state index >= 15 is 0 Å². The number of anilines is 1. The van der Waals surface area contributed by atoms with Crippen LogP contribution in [0.4, 0.5) is 11.4 Å². The number of hydrogen-bond donors (Lipinski definition) is 1. The monoisotopic (exact) mass is 397 g/mol. The first kappa shape index (κ1) is 20.0. The van der Waals surface area contributed by atoms with Gasteiger partial charge < -0.3 is 10.1 Å². The van der Waals surface area contributed by atoms with Crippen LogP contribution in [0.3, 0.4) is 0 Å². The summed E-state index contributed by atoms with van der Waals surface area (Å²) in [6.45, 7) is 3.67. The Hall–Kier alpha value is -3.75. The van der Waals surface area contributed by atoms with E-state index in [9.17, 15) is 24.5 Å². The molecule has 2 aromatic carbocycles. The van der Waals surface area contributed by atoms with E-state index in [1.165, 1.54) is 48.4 Å². The van der Waals surface area contributed by atoms with Crippen LogP contribution in [-0.4, -0.2) is 40.7 Å².